The van der Waals surface area contributed by atoms with Crippen LogP contribution in [0.25, 0.3) is 17.0 Å². The number of rotatable bonds is 8. The van der Waals surface area contributed by atoms with E-state index in [9.17, 15) is 9.18 Å². The molecule has 0 aliphatic carbocycles. The first kappa shape index (κ1) is 31.7. The number of benzene rings is 3. The number of nitrogens with one attached hydrogen (secondary N) is 2. The Morgan fingerprint density at radius 2 is 1.62 bits per heavy atom. The second-order valence-electron chi connectivity index (χ2n) is 10.2. The Labute approximate surface area is 234 Å². The number of aromatic nitrogens is 1. The summed E-state index contributed by atoms with van der Waals surface area (Å²) in [7, 11) is 3.79. The highest BCUT2D eigenvalue weighted by molar-refractivity contribution is 5.94. The van der Waals surface area contributed by atoms with Gasteiger partial charge in [0.05, 0.1) is 0 Å². The van der Waals surface area contributed by atoms with Crippen molar-refractivity contribution in [1.29, 1.82) is 0 Å². The Balaban J connectivity index is 0.000000276. The van der Waals surface area contributed by atoms with Crippen molar-refractivity contribution in [2.75, 3.05) is 14.1 Å². The largest absolute Gasteiger partial charge is 0.339 e. The molecule has 0 unspecified atom stereocenters. The normalized spacial score (nSPS) is 10.6. The molecule has 0 aliphatic rings. The molecule has 1 aromatic heterocycles. The molecule has 5 heteroatoms. The van der Waals surface area contributed by atoms with Crippen molar-refractivity contribution < 1.29 is 9.18 Å². The molecule has 2 N–H and O–H groups in total. The van der Waals surface area contributed by atoms with Crippen LogP contribution in [0, 0.1) is 12.7 Å². The van der Waals surface area contributed by atoms with Gasteiger partial charge in [-0.1, -0.05) is 94.9 Å². The van der Waals surface area contributed by atoms with Gasteiger partial charge in [0.1, 0.15) is 12.1 Å². The summed E-state index contributed by atoms with van der Waals surface area (Å²) in [4.78, 5) is 11.2. The quantitative estimate of drug-likeness (QED) is 0.230. The van der Waals surface area contributed by atoms with Crippen LogP contribution in [0.1, 0.15) is 71.9 Å². The van der Waals surface area contributed by atoms with Crippen LogP contribution in [0.15, 0.2) is 73.3 Å². The van der Waals surface area contributed by atoms with Gasteiger partial charge in [-0.2, -0.15) is 0 Å². The fourth-order valence-corrected chi connectivity index (χ4v) is 4.21. The average Bonchev–Trinajstić information content (AvgIpc) is 3.24. The van der Waals surface area contributed by atoms with Gasteiger partial charge in [0, 0.05) is 46.9 Å². The van der Waals surface area contributed by atoms with E-state index in [2.05, 4.69) is 73.7 Å². The summed E-state index contributed by atoms with van der Waals surface area (Å²) in [5, 5.41) is 7.15. The molecule has 4 rings (SSSR count). The van der Waals surface area contributed by atoms with Gasteiger partial charge in [0.25, 0.3) is 0 Å². The van der Waals surface area contributed by atoms with Crippen molar-refractivity contribution in [2.45, 2.75) is 59.7 Å². The van der Waals surface area contributed by atoms with Crippen LogP contribution in [0.5, 0.6) is 0 Å². The van der Waals surface area contributed by atoms with Crippen molar-refractivity contribution >= 4 is 23.3 Å². The zero-order chi connectivity index (χ0) is 28.9. The molecule has 0 aliphatic heterocycles. The molecule has 0 saturated heterocycles. The van der Waals surface area contributed by atoms with E-state index in [1.165, 1.54) is 16.8 Å². The van der Waals surface area contributed by atoms with Gasteiger partial charge in [-0.25, -0.2) is 4.39 Å². The molecule has 0 saturated carbocycles. The third-order valence-corrected chi connectivity index (χ3v) is 6.43. The van der Waals surface area contributed by atoms with E-state index in [0.717, 1.165) is 35.8 Å². The number of hydrogen-bond acceptors (Lipinski definition) is 3. The minimum Gasteiger partial charge on any atom is -0.339 e. The van der Waals surface area contributed by atoms with Gasteiger partial charge in [-0.15, -0.1) is 0 Å². The minimum absolute atomic E-state index is 0.127. The number of hydrogen-bond donors (Lipinski definition) is 2. The van der Waals surface area contributed by atoms with Crippen LogP contribution < -0.4 is 10.6 Å². The molecular formula is C34H44FN3O. The Bertz CT molecular complexity index is 1340. The molecule has 1 heterocycles. The third-order valence-electron chi connectivity index (χ3n) is 6.43. The van der Waals surface area contributed by atoms with E-state index in [1.807, 2.05) is 50.5 Å². The first-order valence-corrected chi connectivity index (χ1v) is 13.5. The summed E-state index contributed by atoms with van der Waals surface area (Å²) in [6.45, 7) is 15.9. The van der Waals surface area contributed by atoms with E-state index in [0.29, 0.717) is 23.1 Å². The number of carbonyl (C=O) groups excluding carboxylic acids is 1. The number of aldehydes is 1. The molecule has 0 radical (unpaired) electrons. The monoisotopic (exact) mass is 529 g/mol. The van der Waals surface area contributed by atoms with Gasteiger partial charge in [-0.3, -0.25) is 4.79 Å². The molecule has 4 aromatic rings. The molecular weight excluding hydrogens is 485 g/mol. The SMILES string of the molecule is C=Cc1c(C(C)C)n(Cc2ccccc2)c2cc(C=O)ccc12.CNC(C)C.CNCc1ccc(C)c(F)c1. The molecule has 0 spiro atoms. The predicted molar refractivity (Wildman–Crippen MR) is 165 cm³/mol. The topological polar surface area (TPSA) is 46.1 Å². The lowest BCUT2D eigenvalue weighted by Crippen LogP contribution is -2.15. The van der Waals surface area contributed by atoms with Crippen molar-refractivity contribution in [2.24, 2.45) is 0 Å². The van der Waals surface area contributed by atoms with Crippen LogP contribution in [0.4, 0.5) is 4.39 Å². The number of nitrogens with zero attached hydrogens (tertiary/aromatic N) is 1. The zero-order valence-electron chi connectivity index (χ0n) is 24.5. The standard InChI is InChI=1S/C21H21NO.C9H12FN.C4H11N/c1-4-18-19-11-10-17(14-23)12-20(19)22(21(18)15(2)3)13-16-8-6-5-7-9-16;1-7-3-4-8(6-11-2)5-9(7)10;1-4(2)5-3/h4-12,14-15H,1,13H2,2-3H3;3-5,11H,6H2,1-2H3;4-5H,1-3H3. The summed E-state index contributed by atoms with van der Waals surface area (Å²) in [6.07, 6.45) is 2.83. The maximum atomic E-state index is 12.9. The molecule has 39 heavy (non-hydrogen) atoms. The lowest BCUT2D eigenvalue weighted by molar-refractivity contribution is 0.112. The van der Waals surface area contributed by atoms with Crippen LogP contribution in [0.2, 0.25) is 0 Å². The van der Waals surface area contributed by atoms with Crippen LogP contribution >= 0.6 is 0 Å². The Hall–Kier alpha value is -3.54. The van der Waals surface area contributed by atoms with Crippen LogP contribution in [-0.2, 0) is 13.1 Å². The minimum atomic E-state index is -0.127. The summed E-state index contributed by atoms with van der Waals surface area (Å²) in [5.74, 6) is 0.247. The van der Waals surface area contributed by atoms with Crippen molar-refractivity contribution in [3.05, 3.63) is 113 Å². The van der Waals surface area contributed by atoms with Gasteiger partial charge < -0.3 is 15.2 Å². The summed E-state index contributed by atoms with van der Waals surface area (Å²) >= 11 is 0. The zero-order valence-corrected chi connectivity index (χ0v) is 24.5. The van der Waals surface area contributed by atoms with Gasteiger partial charge >= 0.3 is 0 Å². The van der Waals surface area contributed by atoms with Gasteiger partial charge in [-0.05, 0) is 55.8 Å². The van der Waals surface area contributed by atoms with Crippen LogP contribution in [-0.4, -0.2) is 31.0 Å². The number of fused-ring (bicyclic) bond motifs is 1. The molecule has 208 valence electrons. The Kier molecular flexibility index (Phi) is 12.8. The molecule has 3 aromatic carbocycles. The summed E-state index contributed by atoms with van der Waals surface area (Å²) in [5.41, 5.74) is 7.16. The third kappa shape index (κ3) is 9.02. The molecule has 0 fully saturated rings. The predicted octanol–water partition coefficient (Wildman–Crippen LogP) is 7.74. The highest BCUT2D eigenvalue weighted by Gasteiger charge is 2.18. The summed E-state index contributed by atoms with van der Waals surface area (Å²) < 4.78 is 15.2. The highest BCUT2D eigenvalue weighted by atomic mass is 19.1. The maximum absolute atomic E-state index is 12.9. The van der Waals surface area contributed by atoms with E-state index in [-0.39, 0.29) is 5.82 Å². The molecule has 0 amide bonds. The fraction of sp³-hybridized carbons (Fsp3) is 0.324. The number of halogens is 1. The van der Waals surface area contributed by atoms with Crippen molar-refractivity contribution in [1.82, 2.24) is 15.2 Å². The fourth-order valence-electron chi connectivity index (χ4n) is 4.21. The van der Waals surface area contributed by atoms with E-state index in [1.54, 1.807) is 19.1 Å². The van der Waals surface area contributed by atoms with Crippen molar-refractivity contribution in [3.8, 4) is 0 Å². The van der Waals surface area contributed by atoms with E-state index < -0.39 is 0 Å². The van der Waals surface area contributed by atoms with Crippen LogP contribution in [0.3, 0.4) is 0 Å². The van der Waals surface area contributed by atoms with E-state index >= 15 is 0 Å². The first-order valence-electron chi connectivity index (χ1n) is 13.5. The highest BCUT2D eigenvalue weighted by Crippen LogP contribution is 2.33. The Morgan fingerprint density at radius 3 is 2.13 bits per heavy atom. The molecule has 0 bridgehead atoms. The average molecular weight is 530 g/mol. The summed E-state index contributed by atoms with van der Waals surface area (Å²) in [6, 6.07) is 22.2. The number of aryl methyl sites for hydroxylation is 1. The number of carbonyl (C=O) groups is 1. The lowest BCUT2D eigenvalue weighted by Gasteiger charge is -2.14. The smallest absolute Gasteiger partial charge is 0.150 e. The Morgan fingerprint density at radius 1 is 0.949 bits per heavy atom. The van der Waals surface area contributed by atoms with Crippen molar-refractivity contribution in [3.63, 3.8) is 0 Å². The first-order chi connectivity index (χ1) is 18.7. The molecule has 4 nitrogen and oxygen atoms in total. The second-order valence-corrected chi connectivity index (χ2v) is 10.2. The van der Waals surface area contributed by atoms with E-state index in [4.69, 9.17) is 0 Å². The van der Waals surface area contributed by atoms with Gasteiger partial charge in [0.15, 0.2) is 0 Å². The second kappa shape index (κ2) is 15.8. The lowest BCUT2D eigenvalue weighted by atomic mass is 10.0. The maximum Gasteiger partial charge on any atom is 0.150 e. The molecule has 0 atom stereocenters. The van der Waals surface area contributed by atoms with Gasteiger partial charge in [0.2, 0.25) is 0 Å².